The van der Waals surface area contributed by atoms with E-state index in [0.29, 0.717) is 22.7 Å². The van der Waals surface area contributed by atoms with Gasteiger partial charge in [-0.05, 0) is 57.2 Å². The third kappa shape index (κ3) is 5.03. The number of oxazole rings is 1. The average Bonchev–Trinajstić information content (AvgIpc) is 3.10. The number of anilines is 4. The molecule has 2 heterocycles. The number of hydrogen-bond acceptors (Lipinski definition) is 7. The maximum Gasteiger partial charge on any atom is 0.420 e. The summed E-state index contributed by atoms with van der Waals surface area (Å²) in [5.41, 5.74) is 3.31. The molecule has 170 valence electrons. The number of aromatic nitrogens is 3. The summed E-state index contributed by atoms with van der Waals surface area (Å²) in [4.78, 5) is 35.8. The van der Waals surface area contributed by atoms with Crippen molar-refractivity contribution in [2.45, 2.75) is 27.3 Å². The van der Waals surface area contributed by atoms with Crippen LogP contribution < -0.4 is 21.3 Å². The van der Waals surface area contributed by atoms with Crippen molar-refractivity contribution in [1.82, 2.24) is 14.5 Å². The maximum atomic E-state index is 12.5. The molecule has 0 aliphatic rings. The predicted octanol–water partition coefficient (Wildman–Crippen LogP) is 3.92. The van der Waals surface area contributed by atoms with Gasteiger partial charge < -0.3 is 20.0 Å². The minimum absolute atomic E-state index is 0.138. The Labute approximate surface area is 191 Å². The third-order valence-corrected chi connectivity index (χ3v) is 5.23. The molecule has 4 aromatic rings. The number of amides is 1. The minimum Gasteiger partial charge on any atom is -0.408 e. The molecule has 2 N–H and O–H groups in total. The lowest BCUT2D eigenvalue weighted by atomic mass is 10.2. The van der Waals surface area contributed by atoms with Gasteiger partial charge in [-0.1, -0.05) is 12.1 Å². The number of nitrogens with zero attached hydrogens (tertiary/aromatic N) is 4. The van der Waals surface area contributed by atoms with Crippen LogP contribution in [0.4, 0.5) is 23.1 Å². The molecule has 2 aromatic carbocycles. The van der Waals surface area contributed by atoms with Crippen molar-refractivity contribution in [1.29, 1.82) is 0 Å². The summed E-state index contributed by atoms with van der Waals surface area (Å²) in [5.74, 6) is 0.504. The zero-order valence-corrected chi connectivity index (χ0v) is 18.8. The van der Waals surface area contributed by atoms with E-state index < -0.39 is 5.76 Å². The number of benzene rings is 2. The zero-order chi connectivity index (χ0) is 23.4. The summed E-state index contributed by atoms with van der Waals surface area (Å²) in [7, 11) is 0. The van der Waals surface area contributed by atoms with Gasteiger partial charge in [0.15, 0.2) is 5.58 Å². The largest absolute Gasteiger partial charge is 0.420 e. The first kappa shape index (κ1) is 22.1. The summed E-state index contributed by atoms with van der Waals surface area (Å²) >= 11 is 0. The van der Waals surface area contributed by atoms with Crippen LogP contribution in [0.15, 0.2) is 63.8 Å². The Morgan fingerprint density at radius 1 is 1.03 bits per heavy atom. The Bertz CT molecular complexity index is 1320. The lowest BCUT2D eigenvalue weighted by Crippen LogP contribution is -2.24. The quantitative estimate of drug-likeness (QED) is 0.423. The van der Waals surface area contributed by atoms with E-state index in [2.05, 4.69) is 39.3 Å². The monoisotopic (exact) mass is 446 g/mol. The van der Waals surface area contributed by atoms with E-state index in [1.807, 2.05) is 25.1 Å². The van der Waals surface area contributed by atoms with Crippen LogP contribution in [-0.2, 0) is 11.3 Å². The second kappa shape index (κ2) is 9.56. The summed E-state index contributed by atoms with van der Waals surface area (Å²) in [6.45, 7) is 7.70. The summed E-state index contributed by atoms with van der Waals surface area (Å²) in [6, 6.07) is 16.2. The zero-order valence-electron chi connectivity index (χ0n) is 18.8. The molecule has 0 bridgehead atoms. The molecule has 0 atom stereocenters. The fourth-order valence-electron chi connectivity index (χ4n) is 3.59. The molecule has 0 aliphatic heterocycles. The van der Waals surface area contributed by atoms with Gasteiger partial charge >= 0.3 is 5.76 Å². The number of aryl methyl sites for hydroxylation is 1. The molecule has 0 spiro atoms. The highest BCUT2D eigenvalue weighted by molar-refractivity contribution is 5.91. The van der Waals surface area contributed by atoms with Crippen LogP contribution in [-0.4, -0.2) is 33.5 Å². The Kier molecular flexibility index (Phi) is 6.39. The van der Waals surface area contributed by atoms with Gasteiger partial charge in [0.2, 0.25) is 11.9 Å². The van der Waals surface area contributed by atoms with Gasteiger partial charge in [0.25, 0.3) is 0 Å². The van der Waals surface area contributed by atoms with Crippen LogP contribution in [0, 0.1) is 6.92 Å². The molecule has 0 aliphatic carbocycles. The van der Waals surface area contributed by atoms with E-state index in [4.69, 9.17) is 4.42 Å². The van der Waals surface area contributed by atoms with Crippen LogP contribution >= 0.6 is 0 Å². The molecule has 33 heavy (non-hydrogen) atoms. The van der Waals surface area contributed by atoms with Gasteiger partial charge in [0, 0.05) is 36.2 Å². The van der Waals surface area contributed by atoms with Gasteiger partial charge in [-0.25, -0.2) is 9.78 Å². The lowest BCUT2D eigenvalue weighted by Gasteiger charge is -2.20. The van der Waals surface area contributed by atoms with Gasteiger partial charge in [-0.15, -0.1) is 0 Å². The van der Waals surface area contributed by atoms with Crippen molar-refractivity contribution in [3.8, 4) is 0 Å². The number of hydrogen-bond donors (Lipinski definition) is 2. The molecule has 0 unspecified atom stereocenters. The van der Waals surface area contributed by atoms with Crippen molar-refractivity contribution < 1.29 is 9.21 Å². The Balaban J connectivity index is 1.43. The molecular weight excluding hydrogens is 420 g/mol. The fraction of sp³-hybridized carbons (Fsp3) is 0.250. The Morgan fingerprint density at radius 2 is 1.73 bits per heavy atom. The molecule has 4 rings (SSSR count). The Morgan fingerprint density at radius 3 is 2.45 bits per heavy atom. The first-order chi connectivity index (χ1) is 16.0. The number of carbonyl (C=O) groups is 1. The normalized spacial score (nSPS) is 10.9. The smallest absolute Gasteiger partial charge is 0.408 e. The van der Waals surface area contributed by atoms with Crippen LogP contribution in [0.1, 0.15) is 19.5 Å². The second-order valence-electron chi connectivity index (χ2n) is 7.54. The summed E-state index contributed by atoms with van der Waals surface area (Å²) in [6.07, 6.45) is 0. The average molecular weight is 447 g/mol. The third-order valence-electron chi connectivity index (χ3n) is 5.23. The van der Waals surface area contributed by atoms with Gasteiger partial charge in [0.05, 0.1) is 5.52 Å². The lowest BCUT2D eigenvalue weighted by molar-refractivity contribution is -0.116. The summed E-state index contributed by atoms with van der Waals surface area (Å²) in [5, 5.41) is 6.02. The molecule has 0 saturated carbocycles. The van der Waals surface area contributed by atoms with E-state index in [9.17, 15) is 9.59 Å². The molecule has 9 nitrogen and oxygen atoms in total. The van der Waals surface area contributed by atoms with Crippen LogP contribution in [0.3, 0.4) is 0 Å². The standard InChI is InChI=1S/C24H26N6O3/c1-4-29(5-2)21-14-16(3)25-23(28-21)27-18-12-10-17(11-13-18)26-22(31)15-30-19-8-6-7-9-20(19)33-24(30)32/h6-14H,4-5,15H2,1-3H3,(H,26,31)(H,25,27,28). The van der Waals surface area contributed by atoms with Crippen LogP contribution in [0.5, 0.6) is 0 Å². The number of carbonyl (C=O) groups excluding carboxylic acids is 1. The summed E-state index contributed by atoms with van der Waals surface area (Å²) < 4.78 is 6.48. The van der Waals surface area contributed by atoms with Crippen LogP contribution in [0.2, 0.25) is 0 Å². The number of para-hydroxylation sites is 2. The molecule has 2 aromatic heterocycles. The fourth-order valence-corrected chi connectivity index (χ4v) is 3.59. The predicted molar refractivity (Wildman–Crippen MR) is 129 cm³/mol. The number of fused-ring (bicyclic) bond motifs is 1. The molecule has 0 saturated heterocycles. The van der Waals surface area contributed by atoms with E-state index in [1.165, 1.54) is 4.57 Å². The van der Waals surface area contributed by atoms with E-state index >= 15 is 0 Å². The van der Waals surface area contributed by atoms with Crippen molar-refractivity contribution in [3.05, 3.63) is 70.8 Å². The highest BCUT2D eigenvalue weighted by atomic mass is 16.4. The molecule has 9 heteroatoms. The van der Waals surface area contributed by atoms with E-state index in [1.54, 1.807) is 36.4 Å². The minimum atomic E-state index is -0.562. The maximum absolute atomic E-state index is 12.5. The van der Waals surface area contributed by atoms with E-state index in [-0.39, 0.29) is 12.5 Å². The number of rotatable bonds is 8. The van der Waals surface area contributed by atoms with Crippen LogP contribution in [0.25, 0.3) is 11.1 Å². The molecule has 0 fully saturated rings. The Hall–Kier alpha value is -4.14. The highest BCUT2D eigenvalue weighted by Crippen LogP contribution is 2.20. The highest BCUT2D eigenvalue weighted by Gasteiger charge is 2.13. The van der Waals surface area contributed by atoms with Crippen molar-refractivity contribution in [2.24, 2.45) is 0 Å². The van der Waals surface area contributed by atoms with Gasteiger partial charge in [-0.3, -0.25) is 9.36 Å². The molecule has 1 amide bonds. The SMILES string of the molecule is CCN(CC)c1cc(C)nc(Nc2ccc(NC(=O)Cn3c(=O)oc4ccccc43)cc2)n1. The number of nitrogens with one attached hydrogen (secondary N) is 2. The van der Waals surface area contributed by atoms with E-state index in [0.717, 1.165) is 30.3 Å². The van der Waals surface area contributed by atoms with Gasteiger partial charge in [0.1, 0.15) is 12.4 Å². The first-order valence-electron chi connectivity index (χ1n) is 10.8. The molecular formula is C24H26N6O3. The van der Waals surface area contributed by atoms with Crippen molar-refractivity contribution in [3.63, 3.8) is 0 Å². The molecule has 0 radical (unpaired) electrons. The van der Waals surface area contributed by atoms with Crippen molar-refractivity contribution in [2.75, 3.05) is 28.6 Å². The first-order valence-corrected chi connectivity index (χ1v) is 10.8. The van der Waals surface area contributed by atoms with Crippen molar-refractivity contribution >= 4 is 40.1 Å². The second-order valence-corrected chi connectivity index (χ2v) is 7.54. The van der Waals surface area contributed by atoms with Gasteiger partial charge in [-0.2, -0.15) is 4.98 Å². The topological polar surface area (TPSA) is 105 Å².